The van der Waals surface area contributed by atoms with Crippen molar-refractivity contribution in [1.29, 1.82) is 0 Å². The van der Waals surface area contributed by atoms with Crippen LogP contribution in [-0.2, 0) is 4.79 Å². The Labute approximate surface area is 54.2 Å². The van der Waals surface area contributed by atoms with Gasteiger partial charge in [-0.3, -0.25) is 4.79 Å². The van der Waals surface area contributed by atoms with Gasteiger partial charge in [0, 0.05) is 13.6 Å². The van der Waals surface area contributed by atoms with Crippen LogP contribution in [0, 0.1) is 0 Å². The van der Waals surface area contributed by atoms with Crippen LogP contribution >= 0.6 is 12.4 Å². The molecule has 0 aromatic rings. The molecule has 0 bridgehead atoms. The van der Waals surface area contributed by atoms with Gasteiger partial charge >= 0.3 is 0 Å². The zero-order chi connectivity index (χ0) is 5.44. The molecule has 0 aliphatic carbocycles. The molecular formula is C4H9ClN2O. The van der Waals surface area contributed by atoms with Gasteiger partial charge in [-0.1, -0.05) is 0 Å². The summed E-state index contributed by atoms with van der Waals surface area (Å²) in [5.74, 6) is 0.0556. The largest absolute Gasteiger partial charge is 0.342 e. The lowest BCUT2D eigenvalue weighted by Gasteiger charge is -2.32. The number of hydrogen-bond acceptors (Lipinski definition) is 2. The van der Waals surface area contributed by atoms with E-state index in [1.54, 1.807) is 11.9 Å². The number of carbonyl (C=O) groups is 1. The predicted octanol–water partition coefficient (Wildman–Crippen LogP) is -0.793. The molecule has 0 saturated carbocycles. The van der Waals surface area contributed by atoms with Crippen LogP contribution in [0.4, 0.5) is 0 Å². The third-order valence-electron chi connectivity index (χ3n) is 1.16. The van der Waals surface area contributed by atoms with Crippen LogP contribution < -0.4 is 5.73 Å². The van der Waals surface area contributed by atoms with E-state index in [0.717, 1.165) is 6.54 Å². The second-order valence-electron chi connectivity index (χ2n) is 1.83. The van der Waals surface area contributed by atoms with E-state index < -0.39 is 0 Å². The number of carbonyl (C=O) groups excluding carboxylic acids is 1. The summed E-state index contributed by atoms with van der Waals surface area (Å²) in [5.41, 5.74) is 5.22. The smallest absolute Gasteiger partial charge is 0.241 e. The molecule has 1 atom stereocenters. The number of nitrogens with two attached hydrogens (primary N) is 1. The molecule has 8 heavy (non-hydrogen) atoms. The van der Waals surface area contributed by atoms with Gasteiger partial charge in [0.1, 0.15) is 6.04 Å². The van der Waals surface area contributed by atoms with E-state index >= 15 is 0 Å². The molecule has 0 aromatic heterocycles. The zero-order valence-electron chi connectivity index (χ0n) is 4.63. The Hall–Kier alpha value is -0.280. The zero-order valence-corrected chi connectivity index (χ0v) is 5.44. The Morgan fingerprint density at radius 3 is 2.38 bits per heavy atom. The summed E-state index contributed by atoms with van der Waals surface area (Å²) in [7, 11) is 1.74. The lowest BCUT2D eigenvalue weighted by atomic mass is 10.1. The number of β-lactam (4-membered cyclic amide) rings is 1. The fraction of sp³-hybridized carbons (Fsp3) is 0.750. The first kappa shape index (κ1) is 7.72. The third kappa shape index (κ3) is 0.928. The van der Waals surface area contributed by atoms with Crippen LogP contribution in [-0.4, -0.2) is 30.4 Å². The van der Waals surface area contributed by atoms with Gasteiger partial charge in [0.2, 0.25) is 5.91 Å². The Balaban J connectivity index is 0.000000490. The normalized spacial score (nSPS) is 26.5. The Morgan fingerprint density at radius 2 is 2.38 bits per heavy atom. The monoisotopic (exact) mass is 136 g/mol. The minimum Gasteiger partial charge on any atom is -0.342 e. The summed E-state index contributed by atoms with van der Waals surface area (Å²) < 4.78 is 0. The van der Waals surface area contributed by atoms with Gasteiger partial charge in [0.25, 0.3) is 0 Å². The number of hydrogen-bond donors (Lipinski definition) is 1. The molecule has 0 spiro atoms. The standard InChI is InChI=1S/C4H8N2O.ClH/c1-6-2-3(5)4(6)7;/h3H,2,5H2,1H3;1H. The molecule has 1 saturated heterocycles. The van der Waals surface area contributed by atoms with Crippen LogP contribution in [0.3, 0.4) is 0 Å². The van der Waals surface area contributed by atoms with E-state index in [4.69, 9.17) is 5.73 Å². The Kier molecular flexibility index (Phi) is 2.25. The fourth-order valence-electron chi connectivity index (χ4n) is 0.634. The van der Waals surface area contributed by atoms with E-state index in [0.29, 0.717) is 0 Å². The van der Waals surface area contributed by atoms with Gasteiger partial charge in [-0.15, -0.1) is 12.4 Å². The van der Waals surface area contributed by atoms with E-state index in [2.05, 4.69) is 0 Å². The van der Waals surface area contributed by atoms with Gasteiger partial charge in [-0.05, 0) is 0 Å². The molecule has 3 nitrogen and oxygen atoms in total. The van der Waals surface area contributed by atoms with Crippen LogP contribution in [0.5, 0.6) is 0 Å². The molecule has 1 aliphatic rings. The highest BCUT2D eigenvalue weighted by atomic mass is 35.5. The Bertz CT molecular complexity index is 96.2. The third-order valence-corrected chi connectivity index (χ3v) is 1.16. The maximum atomic E-state index is 10.4. The second kappa shape index (κ2) is 2.33. The molecule has 1 unspecified atom stereocenters. The van der Waals surface area contributed by atoms with Crippen molar-refractivity contribution < 1.29 is 4.79 Å². The van der Waals surface area contributed by atoms with Crippen molar-refractivity contribution in [3.05, 3.63) is 0 Å². The molecule has 1 rings (SSSR count). The summed E-state index contributed by atoms with van der Waals surface area (Å²) >= 11 is 0. The summed E-state index contributed by atoms with van der Waals surface area (Å²) in [6.45, 7) is 0.721. The van der Waals surface area contributed by atoms with Crippen molar-refractivity contribution in [2.75, 3.05) is 13.6 Å². The van der Waals surface area contributed by atoms with E-state index in [1.165, 1.54) is 0 Å². The van der Waals surface area contributed by atoms with E-state index in [1.807, 2.05) is 0 Å². The minimum atomic E-state index is -0.204. The van der Waals surface area contributed by atoms with E-state index in [-0.39, 0.29) is 24.4 Å². The van der Waals surface area contributed by atoms with Crippen molar-refractivity contribution in [2.45, 2.75) is 6.04 Å². The van der Waals surface area contributed by atoms with Crippen molar-refractivity contribution in [3.63, 3.8) is 0 Å². The number of amides is 1. The van der Waals surface area contributed by atoms with Crippen molar-refractivity contribution >= 4 is 18.3 Å². The number of halogens is 1. The van der Waals surface area contributed by atoms with Crippen LogP contribution in [0.15, 0.2) is 0 Å². The molecule has 48 valence electrons. The molecule has 4 heteroatoms. The van der Waals surface area contributed by atoms with Gasteiger partial charge < -0.3 is 10.6 Å². The molecule has 1 heterocycles. The SMILES string of the molecule is CN1CC(N)C1=O.Cl. The van der Waals surface area contributed by atoms with Gasteiger partial charge in [0.05, 0.1) is 0 Å². The molecule has 1 amide bonds. The molecule has 0 aromatic carbocycles. The highest BCUT2D eigenvalue weighted by Crippen LogP contribution is 2.01. The van der Waals surface area contributed by atoms with E-state index in [9.17, 15) is 4.79 Å². The number of likely N-dealkylation sites (tertiary alicyclic amines) is 1. The number of likely N-dealkylation sites (N-methyl/N-ethyl adjacent to an activating group) is 1. The molecule has 2 N–H and O–H groups in total. The van der Waals surface area contributed by atoms with Crippen molar-refractivity contribution in [2.24, 2.45) is 5.73 Å². The first-order valence-electron chi connectivity index (χ1n) is 2.22. The van der Waals surface area contributed by atoms with Gasteiger partial charge in [0.15, 0.2) is 0 Å². The highest BCUT2D eigenvalue weighted by Gasteiger charge is 2.29. The average Bonchev–Trinajstić information content (AvgIpc) is 1.68. The number of nitrogens with zero attached hydrogens (tertiary/aromatic N) is 1. The maximum Gasteiger partial charge on any atom is 0.241 e. The summed E-state index contributed by atoms with van der Waals surface area (Å²) in [6.07, 6.45) is 0. The lowest BCUT2D eigenvalue weighted by molar-refractivity contribution is -0.140. The van der Waals surface area contributed by atoms with Crippen LogP contribution in [0.25, 0.3) is 0 Å². The van der Waals surface area contributed by atoms with Gasteiger partial charge in [-0.2, -0.15) is 0 Å². The molecular weight excluding hydrogens is 128 g/mol. The maximum absolute atomic E-state index is 10.4. The molecule has 0 radical (unpaired) electrons. The quantitative estimate of drug-likeness (QED) is 0.444. The summed E-state index contributed by atoms with van der Waals surface area (Å²) in [6, 6.07) is -0.204. The van der Waals surface area contributed by atoms with Crippen molar-refractivity contribution in [3.8, 4) is 0 Å². The first-order chi connectivity index (χ1) is 3.22. The highest BCUT2D eigenvalue weighted by molar-refractivity contribution is 5.87. The summed E-state index contributed by atoms with van der Waals surface area (Å²) in [4.78, 5) is 12.0. The number of rotatable bonds is 0. The minimum absolute atomic E-state index is 0. The fourth-order valence-corrected chi connectivity index (χ4v) is 0.634. The average molecular weight is 137 g/mol. The second-order valence-corrected chi connectivity index (χ2v) is 1.83. The molecule has 1 aliphatic heterocycles. The Morgan fingerprint density at radius 1 is 1.88 bits per heavy atom. The predicted molar refractivity (Wildman–Crippen MR) is 32.9 cm³/mol. The van der Waals surface area contributed by atoms with Gasteiger partial charge in [-0.25, -0.2) is 0 Å². The topological polar surface area (TPSA) is 46.3 Å². The molecule has 1 fully saturated rings. The van der Waals surface area contributed by atoms with Crippen LogP contribution in [0.2, 0.25) is 0 Å². The lowest BCUT2D eigenvalue weighted by Crippen LogP contribution is -2.58. The first-order valence-corrected chi connectivity index (χ1v) is 2.22. The summed E-state index contributed by atoms with van der Waals surface area (Å²) in [5, 5.41) is 0. The van der Waals surface area contributed by atoms with Crippen LogP contribution in [0.1, 0.15) is 0 Å². The van der Waals surface area contributed by atoms with Crippen molar-refractivity contribution in [1.82, 2.24) is 4.90 Å².